The Morgan fingerprint density at radius 2 is 0.933 bits per heavy atom. The Kier molecular flexibility index (Phi) is 6.36. The first-order valence-corrected chi connectivity index (χ1v) is 6.13. The molecule has 0 amide bonds. The van der Waals surface area contributed by atoms with Crippen molar-refractivity contribution in [1.82, 2.24) is 0 Å². The monoisotopic (exact) mass is 220 g/mol. The number of rotatable bonds is 8. The van der Waals surface area contributed by atoms with Crippen molar-refractivity contribution in [2.45, 2.75) is 34.1 Å². The lowest BCUT2D eigenvalue weighted by atomic mass is 10.3. The molecule has 0 aliphatic carbocycles. The SMILES string of the molecule is CC[N+](O)(CC)CCC[N+](O)(CC)CC. The summed E-state index contributed by atoms with van der Waals surface area (Å²) in [6, 6.07) is 0. The molecule has 0 bridgehead atoms. The van der Waals surface area contributed by atoms with Crippen LogP contribution in [0.25, 0.3) is 0 Å². The van der Waals surface area contributed by atoms with Crippen molar-refractivity contribution in [1.29, 1.82) is 0 Å². The van der Waals surface area contributed by atoms with Gasteiger partial charge in [-0.05, 0) is 27.7 Å². The van der Waals surface area contributed by atoms with E-state index in [4.69, 9.17) is 0 Å². The molecule has 4 heteroatoms. The molecule has 0 rings (SSSR count). The van der Waals surface area contributed by atoms with E-state index in [1.54, 1.807) is 0 Å². The van der Waals surface area contributed by atoms with Crippen LogP contribution in [0.2, 0.25) is 0 Å². The average Bonchev–Trinajstić information content (AvgIpc) is 2.28. The Balaban J connectivity index is 3.96. The molecule has 0 atom stereocenters. The standard InChI is InChI=1S/C11H28N2O2/c1-5-12(14,6-2)10-9-11-13(15,7-3)8-4/h14-15H,5-11H2,1-4H3/q+2. The van der Waals surface area contributed by atoms with Gasteiger partial charge in [0.15, 0.2) is 0 Å². The molecule has 0 saturated carbocycles. The quantitative estimate of drug-likeness (QED) is 0.484. The molecule has 4 nitrogen and oxygen atoms in total. The third kappa shape index (κ3) is 4.93. The maximum atomic E-state index is 10.0. The molecule has 15 heavy (non-hydrogen) atoms. The van der Waals surface area contributed by atoms with Crippen molar-refractivity contribution in [3.05, 3.63) is 0 Å². The minimum atomic E-state index is 0.118. The molecule has 92 valence electrons. The number of hydrogen-bond donors (Lipinski definition) is 2. The molecule has 0 aliphatic heterocycles. The molecule has 0 aromatic heterocycles. The van der Waals surface area contributed by atoms with Crippen LogP contribution in [0.1, 0.15) is 34.1 Å². The van der Waals surface area contributed by atoms with Gasteiger partial charge in [-0.3, -0.25) is 0 Å². The van der Waals surface area contributed by atoms with Crippen molar-refractivity contribution in [2.24, 2.45) is 0 Å². The second-order valence-corrected chi connectivity index (χ2v) is 4.26. The van der Waals surface area contributed by atoms with Gasteiger partial charge in [0.05, 0.1) is 6.42 Å². The average molecular weight is 220 g/mol. The topological polar surface area (TPSA) is 40.5 Å². The van der Waals surface area contributed by atoms with E-state index < -0.39 is 0 Å². The van der Waals surface area contributed by atoms with E-state index in [0.29, 0.717) is 0 Å². The van der Waals surface area contributed by atoms with Gasteiger partial charge < -0.3 is 0 Å². The van der Waals surface area contributed by atoms with Crippen molar-refractivity contribution < 1.29 is 19.7 Å². The predicted octanol–water partition coefficient (Wildman–Crippen LogP) is 1.87. The molecule has 2 N–H and O–H groups in total. The summed E-state index contributed by atoms with van der Waals surface area (Å²) in [6.07, 6.45) is 0.857. The maximum absolute atomic E-state index is 10.0. The second-order valence-electron chi connectivity index (χ2n) is 4.26. The first-order chi connectivity index (χ1) is 6.95. The Morgan fingerprint density at radius 1 is 0.667 bits per heavy atom. The van der Waals surface area contributed by atoms with Gasteiger partial charge in [-0.1, -0.05) is 0 Å². The van der Waals surface area contributed by atoms with Crippen LogP contribution in [0, 0.1) is 0 Å². The first-order valence-electron chi connectivity index (χ1n) is 6.13. The fraction of sp³-hybridized carbons (Fsp3) is 1.00. The summed E-state index contributed by atoms with van der Waals surface area (Å²) in [5, 5.41) is 20.0. The fourth-order valence-electron chi connectivity index (χ4n) is 1.74. The van der Waals surface area contributed by atoms with Gasteiger partial charge >= 0.3 is 0 Å². The van der Waals surface area contributed by atoms with Gasteiger partial charge in [-0.2, -0.15) is 9.29 Å². The molecule has 0 spiro atoms. The van der Waals surface area contributed by atoms with Gasteiger partial charge in [0.25, 0.3) is 0 Å². The Morgan fingerprint density at radius 3 is 1.13 bits per heavy atom. The lowest BCUT2D eigenvalue weighted by Gasteiger charge is -2.31. The molecule has 0 aliphatic rings. The van der Waals surface area contributed by atoms with Crippen molar-refractivity contribution in [3.8, 4) is 0 Å². The zero-order chi connectivity index (χ0) is 11.9. The van der Waals surface area contributed by atoms with Gasteiger partial charge in [-0.15, -0.1) is 0 Å². The predicted molar refractivity (Wildman–Crippen MR) is 60.6 cm³/mol. The summed E-state index contributed by atoms with van der Waals surface area (Å²) in [4.78, 5) is 0. The lowest BCUT2D eigenvalue weighted by Crippen LogP contribution is -2.49. The zero-order valence-electron chi connectivity index (χ0n) is 10.7. The number of hydroxylamine groups is 6. The van der Waals surface area contributed by atoms with Crippen LogP contribution in [0.3, 0.4) is 0 Å². The number of nitrogens with zero attached hydrogens (tertiary/aromatic N) is 2. The van der Waals surface area contributed by atoms with E-state index >= 15 is 0 Å². The Labute approximate surface area is 93.8 Å². The van der Waals surface area contributed by atoms with Gasteiger partial charge in [0.2, 0.25) is 0 Å². The van der Waals surface area contributed by atoms with Crippen LogP contribution in [0.15, 0.2) is 0 Å². The summed E-state index contributed by atoms with van der Waals surface area (Å²) in [6.45, 7) is 12.4. The minimum absolute atomic E-state index is 0.118. The van der Waals surface area contributed by atoms with E-state index in [1.807, 2.05) is 27.7 Å². The number of hydrogen-bond acceptors (Lipinski definition) is 2. The van der Waals surface area contributed by atoms with Crippen LogP contribution < -0.4 is 0 Å². The van der Waals surface area contributed by atoms with Gasteiger partial charge in [0, 0.05) is 0 Å². The third-order valence-electron chi connectivity index (χ3n) is 3.50. The largest absolute Gasteiger partial charge is 0.217 e. The van der Waals surface area contributed by atoms with E-state index in [1.165, 1.54) is 0 Å². The molecule has 0 radical (unpaired) electrons. The molecule has 0 fully saturated rings. The maximum Gasteiger partial charge on any atom is 0.114 e. The van der Waals surface area contributed by atoms with Crippen LogP contribution in [-0.2, 0) is 0 Å². The summed E-state index contributed by atoms with van der Waals surface area (Å²) in [7, 11) is 0. The molecule has 0 saturated heterocycles. The van der Waals surface area contributed by atoms with Crippen molar-refractivity contribution in [2.75, 3.05) is 39.3 Å². The Bertz CT molecular complexity index is 148. The molecular formula is C11H28N2O2+2. The van der Waals surface area contributed by atoms with Crippen LogP contribution in [-0.4, -0.2) is 59.0 Å². The van der Waals surface area contributed by atoms with Gasteiger partial charge in [0.1, 0.15) is 39.3 Å². The highest BCUT2D eigenvalue weighted by Gasteiger charge is 2.25. The van der Waals surface area contributed by atoms with E-state index in [-0.39, 0.29) is 9.29 Å². The highest BCUT2D eigenvalue weighted by molar-refractivity contribution is 4.36. The molecular weight excluding hydrogens is 192 g/mol. The highest BCUT2D eigenvalue weighted by atomic mass is 16.5. The first kappa shape index (κ1) is 14.8. The third-order valence-corrected chi connectivity index (χ3v) is 3.50. The normalized spacial score (nSPS) is 13.2. The summed E-state index contributed by atoms with van der Waals surface area (Å²) >= 11 is 0. The minimum Gasteiger partial charge on any atom is -0.217 e. The summed E-state index contributed by atoms with van der Waals surface area (Å²) in [5.41, 5.74) is 0. The smallest absolute Gasteiger partial charge is 0.114 e. The molecule has 0 heterocycles. The molecule has 0 aromatic carbocycles. The second kappa shape index (κ2) is 6.43. The summed E-state index contributed by atoms with van der Waals surface area (Å²) < 4.78 is 0.237. The van der Waals surface area contributed by atoms with Crippen molar-refractivity contribution >= 4 is 0 Å². The molecule has 0 aromatic rings. The number of quaternary nitrogens is 2. The van der Waals surface area contributed by atoms with E-state index in [9.17, 15) is 10.4 Å². The van der Waals surface area contributed by atoms with E-state index in [0.717, 1.165) is 45.7 Å². The lowest BCUT2D eigenvalue weighted by molar-refractivity contribution is -1.11. The van der Waals surface area contributed by atoms with E-state index in [2.05, 4.69) is 0 Å². The zero-order valence-corrected chi connectivity index (χ0v) is 10.7. The van der Waals surface area contributed by atoms with Gasteiger partial charge in [-0.25, -0.2) is 10.4 Å². The fourth-order valence-corrected chi connectivity index (χ4v) is 1.74. The van der Waals surface area contributed by atoms with Crippen LogP contribution in [0.4, 0.5) is 0 Å². The highest BCUT2D eigenvalue weighted by Crippen LogP contribution is 2.07. The Hall–Kier alpha value is -0.160. The van der Waals surface area contributed by atoms with Crippen LogP contribution in [0.5, 0.6) is 0 Å². The summed E-state index contributed by atoms with van der Waals surface area (Å²) in [5.74, 6) is 0. The van der Waals surface area contributed by atoms with Crippen molar-refractivity contribution in [3.63, 3.8) is 0 Å². The van der Waals surface area contributed by atoms with Crippen LogP contribution >= 0.6 is 0 Å². The molecule has 0 unspecified atom stereocenters.